The molecule has 0 bridgehead atoms. The highest BCUT2D eigenvalue weighted by molar-refractivity contribution is 7.89. The summed E-state index contributed by atoms with van der Waals surface area (Å²) >= 11 is 0. The first kappa shape index (κ1) is 21.3. The van der Waals surface area contributed by atoms with Crippen LogP contribution in [0.2, 0.25) is 0 Å². The maximum Gasteiger partial charge on any atom is 0.240 e. The maximum absolute atomic E-state index is 12.6. The van der Waals surface area contributed by atoms with Crippen molar-refractivity contribution in [1.29, 1.82) is 0 Å². The fourth-order valence-electron chi connectivity index (χ4n) is 3.53. The maximum atomic E-state index is 12.6. The third kappa shape index (κ3) is 5.80. The highest BCUT2D eigenvalue weighted by Crippen LogP contribution is 2.19. The summed E-state index contributed by atoms with van der Waals surface area (Å²) < 4.78 is 34.5. The molecule has 1 amide bonds. The smallest absolute Gasteiger partial charge is 0.240 e. The van der Waals surface area contributed by atoms with Gasteiger partial charge in [-0.3, -0.25) is 9.48 Å². The van der Waals surface area contributed by atoms with Crippen molar-refractivity contribution in [2.75, 3.05) is 26.7 Å². The molecule has 8 nitrogen and oxygen atoms in total. The summed E-state index contributed by atoms with van der Waals surface area (Å²) in [5, 5.41) is 4.12. The van der Waals surface area contributed by atoms with Crippen molar-refractivity contribution in [3.63, 3.8) is 0 Å². The summed E-state index contributed by atoms with van der Waals surface area (Å²) in [6, 6.07) is 6.29. The average Bonchev–Trinajstić information content (AvgIpc) is 3.16. The van der Waals surface area contributed by atoms with Crippen LogP contribution in [0.3, 0.4) is 0 Å². The first-order chi connectivity index (χ1) is 13.9. The molecule has 1 N–H and O–H groups in total. The van der Waals surface area contributed by atoms with E-state index in [0.717, 1.165) is 24.9 Å². The molecule has 1 aliphatic rings. The zero-order valence-electron chi connectivity index (χ0n) is 16.9. The molecule has 2 aromatic rings. The lowest BCUT2D eigenvalue weighted by Gasteiger charge is -2.33. The fourth-order valence-corrected chi connectivity index (χ4v) is 4.65. The van der Waals surface area contributed by atoms with Gasteiger partial charge in [0, 0.05) is 39.3 Å². The number of benzene rings is 1. The molecule has 0 unspecified atom stereocenters. The molecule has 0 spiro atoms. The van der Waals surface area contributed by atoms with Gasteiger partial charge in [-0.25, -0.2) is 13.1 Å². The van der Waals surface area contributed by atoms with Gasteiger partial charge in [-0.15, -0.1) is 0 Å². The van der Waals surface area contributed by atoms with Crippen molar-refractivity contribution in [2.45, 2.75) is 30.6 Å². The van der Waals surface area contributed by atoms with Crippen LogP contribution in [0.15, 0.2) is 41.6 Å². The summed E-state index contributed by atoms with van der Waals surface area (Å²) in [4.78, 5) is 14.6. The number of aryl methyl sites for hydroxylation is 2. The third-order valence-corrected chi connectivity index (χ3v) is 6.63. The van der Waals surface area contributed by atoms with Crippen molar-refractivity contribution in [1.82, 2.24) is 19.4 Å². The lowest BCUT2D eigenvalue weighted by molar-refractivity contribution is -0.132. The Balaban J connectivity index is 1.50. The molecule has 2 heterocycles. The number of methoxy groups -OCH3 is 1. The number of piperidine rings is 1. The van der Waals surface area contributed by atoms with Crippen LogP contribution in [-0.2, 0) is 28.3 Å². The molecule has 1 aromatic heterocycles. The molecule has 1 saturated heterocycles. The number of nitrogens with zero attached hydrogens (tertiary/aromatic N) is 3. The Morgan fingerprint density at radius 3 is 2.72 bits per heavy atom. The number of ether oxygens (including phenoxy) is 1. The summed E-state index contributed by atoms with van der Waals surface area (Å²) in [7, 11) is -0.194. The largest absolute Gasteiger partial charge is 0.497 e. The Kier molecular flexibility index (Phi) is 6.92. The van der Waals surface area contributed by atoms with Gasteiger partial charge in [0.25, 0.3) is 0 Å². The summed E-state index contributed by atoms with van der Waals surface area (Å²) in [5.74, 6) is 0.826. The zero-order valence-corrected chi connectivity index (χ0v) is 17.7. The second kappa shape index (κ2) is 9.41. The van der Waals surface area contributed by atoms with Gasteiger partial charge < -0.3 is 9.64 Å². The van der Waals surface area contributed by atoms with Gasteiger partial charge in [0.15, 0.2) is 0 Å². The first-order valence-corrected chi connectivity index (χ1v) is 11.2. The van der Waals surface area contributed by atoms with Crippen LogP contribution < -0.4 is 9.46 Å². The van der Waals surface area contributed by atoms with Gasteiger partial charge >= 0.3 is 0 Å². The fraction of sp³-hybridized carbons (Fsp3) is 0.500. The lowest BCUT2D eigenvalue weighted by atomic mass is 9.98. The third-order valence-electron chi connectivity index (χ3n) is 5.19. The molecule has 3 rings (SSSR count). The van der Waals surface area contributed by atoms with Crippen LogP contribution in [0.5, 0.6) is 5.75 Å². The second-order valence-electron chi connectivity index (χ2n) is 7.40. The molecule has 158 valence electrons. The number of carbonyl (C=O) groups excluding carboxylic acids is 1. The summed E-state index contributed by atoms with van der Waals surface area (Å²) in [5.41, 5.74) is 1.04. The van der Waals surface area contributed by atoms with Crippen LogP contribution >= 0.6 is 0 Å². The van der Waals surface area contributed by atoms with Crippen LogP contribution in [0, 0.1) is 5.92 Å². The van der Waals surface area contributed by atoms with E-state index in [4.69, 9.17) is 4.74 Å². The number of amides is 1. The van der Waals surface area contributed by atoms with Gasteiger partial charge in [-0.2, -0.15) is 5.10 Å². The first-order valence-electron chi connectivity index (χ1n) is 9.76. The minimum atomic E-state index is -3.58. The number of likely N-dealkylation sites (tertiary alicyclic amines) is 1. The predicted molar refractivity (Wildman–Crippen MR) is 109 cm³/mol. The molecular weight excluding hydrogens is 392 g/mol. The molecule has 29 heavy (non-hydrogen) atoms. The molecule has 0 radical (unpaired) electrons. The number of carbonyl (C=O) groups is 1. The van der Waals surface area contributed by atoms with E-state index in [2.05, 4.69) is 9.82 Å². The van der Waals surface area contributed by atoms with Crippen LogP contribution in [0.25, 0.3) is 0 Å². The number of nitrogens with one attached hydrogen (secondary N) is 1. The van der Waals surface area contributed by atoms with Gasteiger partial charge in [-0.1, -0.05) is 0 Å². The van der Waals surface area contributed by atoms with Crippen LogP contribution in [0.1, 0.15) is 24.8 Å². The number of hydrogen-bond acceptors (Lipinski definition) is 5. The van der Waals surface area contributed by atoms with Crippen molar-refractivity contribution >= 4 is 15.9 Å². The van der Waals surface area contributed by atoms with Crippen molar-refractivity contribution in [3.05, 3.63) is 42.2 Å². The predicted octanol–water partition coefficient (Wildman–Crippen LogP) is 1.58. The molecule has 1 aliphatic heterocycles. The Hall–Kier alpha value is -2.39. The van der Waals surface area contributed by atoms with Gasteiger partial charge in [0.05, 0.1) is 18.2 Å². The highest BCUT2D eigenvalue weighted by atomic mass is 32.2. The number of hydrogen-bond donors (Lipinski definition) is 1. The Labute approximate surface area is 171 Å². The topological polar surface area (TPSA) is 93.5 Å². The Morgan fingerprint density at radius 1 is 1.31 bits per heavy atom. The number of aromatic nitrogens is 2. The normalized spacial score (nSPS) is 17.3. The minimum Gasteiger partial charge on any atom is -0.497 e. The molecule has 9 heteroatoms. The summed E-state index contributed by atoms with van der Waals surface area (Å²) in [6.07, 6.45) is 6.58. The zero-order chi connectivity index (χ0) is 20.9. The SMILES string of the molecule is COc1ccc(S(=O)(=O)NC[C@@H]2CCCN(C(=O)CCc3cnn(C)c3)C2)cc1. The van der Waals surface area contributed by atoms with Gasteiger partial charge in [0.1, 0.15) is 5.75 Å². The highest BCUT2D eigenvalue weighted by Gasteiger charge is 2.25. The van der Waals surface area contributed by atoms with E-state index in [1.807, 2.05) is 18.1 Å². The van der Waals surface area contributed by atoms with E-state index in [9.17, 15) is 13.2 Å². The molecule has 1 fully saturated rings. The summed E-state index contributed by atoms with van der Waals surface area (Å²) in [6.45, 7) is 1.63. The van der Waals surface area contributed by atoms with Crippen molar-refractivity contribution in [3.8, 4) is 5.75 Å². The Morgan fingerprint density at radius 2 is 2.07 bits per heavy atom. The molecule has 1 atom stereocenters. The lowest BCUT2D eigenvalue weighted by Crippen LogP contribution is -2.43. The quantitative estimate of drug-likeness (QED) is 0.700. The van der Waals surface area contributed by atoms with E-state index in [1.165, 1.54) is 19.2 Å². The van der Waals surface area contributed by atoms with Gasteiger partial charge in [0.2, 0.25) is 15.9 Å². The number of sulfonamides is 1. The second-order valence-corrected chi connectivity index (χ2v) is 9.16. The van der Waals surface area contributed by atoms with Crippen LogP contribution in [-0.4, -0.2) is 55.7 Å². The molecule has 0 aliphatic carbocycles. The van der Waals surface area contributed by atoms with Gasteiger partial charge in [-0.05, 0) is 55.0 Å². The van der Waals surface area contributed by atoms with E-state index in [-0.39, 0.29) is 16.7 Å². The van der Waals surface area contributed by atoms with Crippen molar-refractivity contribution < 1.29 is 17.9 Å². The Bertz CT molecular complexity index is 924. The molecular formula is C20H28N4O4S. The molecule has 1 aromatic carbocycles. The van der Waals surface area contributed by atoms with E-state index >= 15 is 0 Å². The average molecular weight is 421 g/mol. The van der Waals surface area contributed by atoms with E-state index in [1.54, 1.807) is 23.0 Å². The number of rotatable bonds is 8. The standard InChI is InChI=1S/C20H28N4O4S/c1-23-14-17(12-21-23)5-10-20(25)24-11-3-4-16(15-24)13-22-29(26,27)19-8-6-18(28-2)7-9-19/h6-9,12,14,16,22H,3-5,10-11,13,15H2,1-2H3/t16-/m0/s1. The van der Waals surface area contributed by atoms with Crippen molar-refractivity contribution in [2.24, 2.45) is 13.0 Å². The minimum absolute atomic E-state index is 0.108. The van der Waals surface area contributed by atoms with E-state index < -0.39 is 10.0 Å². The van der Waals surface area contributed by atoms with E-state index in [0.29, 0.717) is 31.7 Å². The molecule has 0 saturated carbocycles. The van der Waals surface area contributed by atoms with Crippen LogP contribution in [0.4, 0.5) is 0 Å². The monoisotopic (exact) mass is 420 g/mol.